The van der Waals surface area contributed by atoms with Crippen LogP contribution in [0.1, 0.15) is 28.4 Å². The lowest BCUT2D eigenvalue weighted by molar-refractivity contribution is -0.136. The van der Waals surface area contributed by atoms with Gasteiger partial charge in [0.15, 0.2) is 0 Å². The second-order valence-corrected chi connectivity index (χ2v) is 7.00. The summed E-state index contributed by atoms with van der Waals surface area (Å²) in [5.74, 6) is -1.18. The van der Waals surface area contributed by atoms with Crippen molar-refractivity contribution in [3.63, 3.8) is 0 Å². The quantitative estimate of drug-likeness (QED) is 0.600. The molecule has 30 heavy (non-hydrogen) atoms. The first kappa shape index (κ1) is 19.4. The van der Waals surface area contributed by atoms with Gasteiger partial charge >= 0.3 is 12.1 Å². The fraction of sp³-hybridized carbons (Fsp3) is 0.182. The van der Waals surface area contributed by atoms with Crippen LogP contribution in [-0.4, -0.2) is 33.7 Å². The van der Waals surface area contributed by atoms with E-state index in [-0.39, 0.29) is 29.7 Å². The Morgan fingerprint density at radius 1 is 1.10 bits per heavy atom. The molecule has 1 amide bonds. The molecule has 1 aliphatic carbocycles. The number of nitrogens with one attached hydrogen (secondary N) is 2. The van der Waals surface area contributed by atoms with Gasteiger partial charge in [0, 0.05) is 5.92 Å². The third-order valence-electron chi connectivity index (χ3n) is 5.03. The molecular weight excluding hydrogens is 386 g/mol. The van der Waals surface area contributed by atoms with Crippen molar-refractivity contribution < 1.29 is 19.4 Å². The number of carboxylic acids is 1. The van der Waals surface area contributed by atoms with Gasteiger partial charge in [0.1, 0.15) is 18.2 Å². The maximum absolute atomic E-state index is 12.4. The molecule has 1 heterocycles. The van der Waals surface area contributed by atoms with E-state index in [1.165, 1.54) is 6.92 Å². The summed E-state index contributed by atoms with van der Waals surface area (Å²) in [6.07, 6.45) is -1.37. The number of carbonyl (C=O) groups excluding carboxylic acids is 1. The fourth-order valence-corrected chi connectivity index (χ4v) is 3.76. The highest BCUT2D eigenvalue weighted by Gasteiger charge is 2.29. The zero-order valence-corrected chi connectivity index (χ0v) is 16.1. The van der Waals surface area contributed by atoms with Crippen molar-refractivity contribution in [3.05, 3.63) is 81.4 Å². The molecule has 0 aliphatic heterocycles. The van der Waals surface area contributed by atoms with Gasteiger partial charge < -0.3 is 14.8 Å². The van der Waals surface area contributed by atoms with Crippen LogP contribution in [0.3, 0.4) is 0 Å². The number of anilines is 1. The average molecular weight is 405 g/mol. The van der Waals surface area contributed by atoms with Gasteiger partial charge in [0.2, 0.25) is 0 Å². The number of rotatable bonds is 5. The first-order chi connectivity index (χ1) is 14.4. The fourth-order valence-electron chi connectivity index (χ4n) is 3.76. The van der Waals surface area contributed by atoms with Crippen LogP contribution >= 0.6 is 0 Å². The van der Waals surface area contributed by atoms with Crippen molar-refractivity contribution in [2.45, 2.75) is 19.3 Å². The first-order valence-electron chi connectivity index (χ1n) is 9.37. The second-order valence-electron chi connectivity index (χ2n) is 7.00. The molecule has 3 aromatic rings. The van der Waals surface area contributed by atoms with Crippen LogP contribution in [0.2, 0.25) is 0 Å². The van der Waals surface area contributed by atoms with Crippen molar-refractivity contribution in [3.8, 4) is 11.1 Å². The van der Waals surface area contributed by atoms with Gasteiger partial charge in [-0.15, -0.1) is 0 Å². The molecular formula is C22H19N3O5. The Morgan fingerprint density at radius 3 is 2.30 bits per heavy atom. The number of hydrogen-bond donors (Lipinski definition) is 3. The maximum Gasteiger partial charge on any atom is 0.412 e. The van der Waals surface area contributed by atoms with Crippen LogP contribution in [0, 0.1) is 6.92 Å². The van der Waals surface area contributed by atoms with Gasteiger partial charge in [-0.3, -0.25) is 14.9 Å². The van der Waals surface area contributed by atoms with E-state index in [1.807, 2.05) is 48.5 Å². The van der Waals surface area contributed by atoms with Crippen LogP contribution in [0.15, 0.2) is 53.3 Å². The number of aromatic nitrogens is 2. The van der Waals surface area contributed by atoms with Gasteiger partial charge in [0.05, 0.1) is 12.0 Å². The Labute approximate surface area is 171 Å². The smallest absolute Gasteiger partial charge is 0.412 e. The Kier molecular flexibility index (Phi) is 5.05. The standard InChI is InChI=1S/C22H19N3O5/c1-12-23-20(17(10-19(26)27)21(28)24-12)25-22(29)30-11-18-15-8-4-2-6-13(15)14-7-3-5-9-16(14)18/h2-9,18H,10-11H2,1H3,(H,26,27)(H2,23,24,25,28,29). The van der Waals surface area contributed by atoms with Gasteiger partial charge in [-0.1, -0.05) is 48.5 Å². The Hall–Kier alpha value is -3.94. The van der Waals surface area contributed by atoms with Crippen LogP contribution in [0.5, 0.6) is 0 Å². The SMILES string of the molecule is Cc1nc(NC(=O)OCC2c3ccccc3-c3ccccc32)c(CC(=O)O)c(=O)[nH]1. The largest absolute Gasteiger partial charge is 0.481 e. The monoisotopic (exact) mass is 405 g/mol. The molecule has 2 aromatic carbocycles. The maximum atomic E-state index is 12.4. The molecule has 0 saturated heterocycles. The van der Waals surface area contributed by atoms with Crippen LogP contribution in [-0.2, 0) is 16.0 Å². The third-order valence-corrected chi connectivity index (χ3v) is 5.03. The zero-order valence-electron chi connectivity index (χ0n) is 16.1. The summed E-state index contributed by atoms with van der Waals surface area (Å²) in [4.78, 5) is 42.0. The van der Waals surface area contributed by atoms with E-state index in [4.69, 9.17) is 9.84 Å². The van der Waals surface area contributed by atoms with Crippen molar-refractivity contribution in [2.75, 3.05) is 11.9 Å². The van der Waals surface area contributed by atoms with E-state index in [1.54, 1.807) is 0 Å². The first-order valence-corrected chi connectivity index (χ1v) is 9.37. The van der Waals surface area contributed by atoms with Gasteiger partial charge in [0.25, 0.3) is 5.56 Å². The third kappa shape index (κ3) is 3.67. The lowest BCUT2D eigenvalue weighted by Gasteiger charge is -2.15. The number of ether oxygens (including phenoxy) is 1. The lowest BCUT2D eigenvalue weighted by Crippen LogP contribution is -2.25. The minimum absolute atomic E-state index is 0.0935. The minimum atomic E-state index is -1.21. The number of amides is 1. The highest BCUT2D eigenvalue weighted by molar-refractivity contribution is 5.86. The van der Waals surface area contributed by atoms with Crippen molar-refractivity contribution in [1.82, 2.24) is 9.97 Å². The molecule has 0 unspecified atom stereocenters. The molecule has 3 N–H and O–H groups in total. The number of fused-ring (bicyclic) bond motifs is 3. The predicted octanol–water partition coefficient (Wildman–Crippen LogP) is 3.07. The summed E-state index contributed by atoms with van der Waals surface area (Å²) in [6, 6.07) is 15.9. The van der Waals surface area contributed by atoms with E-state index in [0.29, 0.717) is 0 Å². The minimum Gasteiger partial charge on any atom is -0.481 e. The summed E-state index contributed by atoms with van der Waals surface area (Å²) in [5.41, 5.74) is 3.61. The van der Waals surface area contributed by atoms with Crippen molar-refractivity contribution in [1.29, 1.82) is 0 Å². The molecule has 8 nitrogen and oxygen atoms in total. The average Bonchev–Trinajstić information content (AvgIpc) is 3.03. The molecule has 0 bridgehead atoms. The lowest BCUT2D eigenvalue weighted by atomic mass is 9.98. The second kappa shape index (κ2) is 7.82. The topological polar surface area (TPSA) is 121 Å². The van der Waals surface area contributed by atoms with E-state index >= 15 is 0 Å². The molecule has 4 rings (SSSR count). The summed E-state index contributed by atoms with van der Waals surface area (Å²) in [5, 5.41) is 11.4. The highest BCUT2D eigenvalue weighted by Crippen LogP contribution is 2.44. The van der Waals surface area contributed by atoms with Crippen LogP contribution in [0.4, 0.5) is 10.6 Å². The number of aromatic amines is 1. The number of benzene rings is 2. The van der Waals surface area contributed by atoms with Gasteiger partial charge in [-0.25, -0.2) is 9.78 Å². The van der Waals surface area contributed by atoms with E-state index < -0.39 is 24.0 Å². The molecule has 8 heteroatoms. The van der Waals surface area contributed by atoms with E-state index in [9.17, 15) is 14.4 Å². The molecule has 1 aliphatic rings. The number of carboxylic acid groups (broad SMARTS) is 1. The number of aliphatic carboxylic acids is 1. The number of nitrogens with zero attached hydrogens (tertiary/aromatic N) is 1. The number of carbonyl (C=O) groups is 2. The summed E-state index contributed by atoms with van der Waals surface area (Å²) in [6.45, 7) is 1.63. The molecule has 0 saturated carbocycles. The van der Waals surface area contributed by atoms with Gasteiger partial charge in [-0.05, 0) is 29.2 Å². The van der Waals surface area contributed by atoms with E-state index in [0.717, 1.165) is 22.3 Å². The number of H-pyrrole nitrogens is 1. The van der Waals surface area contributed by atoms with Crippen molar-refractivity contribution >= 4 is 17.9 Å². The van der Waals surface area contributed by atoms with E-state index in [2.05, 4.69) is 15.3 Å². The molecule has 0 spiro atoms. The summed E-state index contributed by atoms with van der Waals surface area (Å²) >= 11 is 0. The highest BCUT2D eigenvalue weighted by atomic mass is 16.5. The summed E-state index contributed by atoms with van der Waals surface area (Å²) in [7, 11) is 0. The van der Waals surface area contributed by atoms with Gasteiger partial charge in [-0.2, -0.15) is 0 Å². The molecule has 1 aromatic heterocycles. The molecule has 152 valence electrons. The number of aryl methyl sites for hydroxylation is 1. The molecule has 0 atom stereocenters. The Bertz CT molecular complexity index is 1160. The molecule has 0 fully saturated rings. The zero-order chi connectivity index (χ0) is 21.3. The number of hydrogen-bond acceptors (Lipinski definition) is 5. The normalized spacial score (nSPS) is 12.2. The van der Waals surface area contributed by atoms with Crippen LogP contribution < -0.4 is 10.9 Å². The summed E-state index contributed by atoms with van der Waals surface area (Å²) < 4.78 is 5.43. The van der Waals surface area contributed by atoms with Crippen molar-refractivity contribution in [2.24, 2.45) is 0 Å². The Morgan fingerprint density at radius 2 is 1.70 bits per heavy atom. The predicted molar refractivity (Wildman–Crippen MR) is 110 cm³/mol. The molecule has 0 radical (unpaired) electrons. The van der Waals surface area contributed by atoms with Crippen LogP contribution in [0.25, 0.3) is 11.1 Å². The Balaban J connectivity index is 1.53.